The van der Waals surface area contributed by atoms with Crippen molar-refractivity contribution in [2.75, 3.05) is 13.2 Å². The van der Waals surface area contributed by atoms with Gasteiger partial charge in [0.15, 0.2) is 0 Å². The van der Waals surface area contributed by atoms with Gasteiger partial charge in [-0.15, -0.1) is 0 Å². The first-order valence-corrected chi connectivity index (χ1v) is 8.85. The normalized spacial score (nSPS) is 20.3. The standard InChI is InChI=1S/C14H20N2O3S2/c15-14(20)12-6-1-2-7-13(12)21(18,19)16-9-4-3-5-11(16)8-10-17/h1-2,6-7,11,17H,3-5,8-10H2,(H2,15,20). The molecule has 0 aromatic heterocycles. The lowest BCUT2D eigenvalue weighted by atomic mass is 10.0. The summed E-state index contributed by atoms with van der Waals surface area (Å²) in [6, 6.07) is 6.39. The van der Waals surface area contributed by atoms with E-state index < -0.39 is 10.0 Å². The molecule has 1 saturated heterocycles. The molecule has 1 aromatic carbocycles. The molecule has 1 fully saturated rings. The molecule has 116 valence electrons. The van der Waals surface area contributed by atoms with E-state index in [4.69, 9.17) is 23.1 Å². The van der Waals surface area contributed by atoms with Crippen LogP contribution in [0.4, 0.5) is 0 Å². The van der Waals surface area contributed by atoms with Gasteiger partial charge in [-0.2, -0.15) is 4.31 Å². The Kier molecular flexibility index (Phi) is 5.32. The number of benzene rings is 1. The number of nitrogens with two attached hydrogens (primary N) is 1. The number of rotatable bonds is 5. The number of sulfonamides is 1. The summed E-state index contributed by atoms with van der Waals surface area (Å²) in [6.07, 6.45) is 3.04. The summed E-state index contributed by atoms with van der Waals surface area (Å²) < 4.78 is 27.3. The van der Waals surface area contributed by atoms with Crippen molar-refractivity contribution in [3.63, 3.8) is 0 Å². The summed E-state index contributed by atoms with van der Waals surface area (Å²) >= 11 is 4.96. The van der Waals surface area contributed by atoms with E-state index in [1.165, 1.54) is 10.4 Å². The van der Waals surface area contributed by atoms with Crippen molar-refractivity contribution in [3.05, 3.63) is 29.8 Å². The van der Waals surface area contributed by atoms with Crippen molar-refractivity contribution >= 4 is 27.2 Å². The van der Waals surface area contributed by atoms with Crippen molar-refractivity contribution in [1.29, 1.82) is 0 Å². The van der Waals surface area contributed by atoms with Gasteiger partial charge in [-0.1, -0.05) is 36.8 Å². The Morgan fingerprint density at radius 2 is 2.10 bits per heavy atom. The molecule has 2 rings (SSSR count). The third kappa shape index (κ3) is 3.42. The third-order valence-electron chi connectivity index (χ3n) is 3.77. The Bertz CT molecular complexity index is 614. The Balaban J connectivity index is 2.43. The average Bonchev–Trinajstić information content (AvgIpc) is 2.48. The SMILES string of the molecule is NC(=S)c1ccccc1S(=O)(=O)N1CCCCC1CCO. The first-order valence-electron chi connectivity index (χ1n) is 7.00. The van der Waals surface area contributed by atoms with Crippen molar-refractivity contribution in [3.8, 4) is 0 Å². The number of aliphatic hydroxyl groups excluding tert-OH is 1. The highest BCUT2D eigenvalue weighted by atomic mass is 32.2. The van der Waals surface area contributed by atoms with Crippen LogP contribution in [0, 0.1) is 0 Å². The summed E-state index contributed by atoms with van der Waals surface area (Å²) in [5.74, 6) is 0. The van der Waals surface area contributed by atoms with Crippen molar-refractivity contribution in [1.82, 2.24) is 4.31 Å². The minimum absolute atomic E-state index is 0.0202. The minimum atomic E-state index is -3.65. The van der Waals surface area contributed by atoms with E-state index >= 15 is 0 Å². The van der Waals surface area contributed by atoms with E-state index in [1.807, 2.05) is 0 Å². The molecule has 21 heavy (non-hydrogen) atoms. The van der Waals surface area contributed by atoms with E-state index in [-0.39, 0.29) is 22.5 Å². The fourth-order valence-corrected chi connectivity index (χ4v) is 4.92. The van der Waals surface area contributed by atoms with Crippen LogP contribution in [-0.4, -0.2) is 42.0 Å². The zero-order chi connectivity index (χ0) is 15.5. The summed E-state index contributed by atoms with van der Waals surface area (Å²) in [6.45, 7) is 0.451. The van der Waals surface area contributed by atoms with Crippen molar-refractivity contribution < 1.29 is 13.5 Å². The molecule has 0 saturated carbocycles. The number of nitrogens with zero attached hydrogens (tertiary/aromatic N) is 1. The fraction of sp³-hybridized carbons (Fsp3) is 0.500. The number of piperidine rings is 1. The first-order chi connectivity index (χ1) is 9.98. The first kappa shape index (κ1) is 16.4. The monoisotopic (exact) mass is 328 g/mol. The van der Waals surface area contributed by atoms with Crippen molar-refractivity contribution in [2.24, 2.45) is 5.73 Å². The zero-order valence-electron chi connectivity index (χ0n) is 11.7. The molecule has 0 aliphatic carbocycles. The predicted molar refractivity (Wildman–Crippen MR) is 85.6 cm³/mol. The Labute approximate surface area is 130 Å². The van der Waals surface area contributed by atoms with Crippen LogP contribution in [0.15, 0.2) is 29.2 Å². The van der Waals surface area contributed by atoms with E-state index in [1.54, 1.807) is 18.2 Å². The highest BCUT2D eigenvalue weighted by Crippen LogP contribution is 2.28. The average molecular weight is 328 g/mol. The topological polar surface area (TPSA) is 83.6 Å². The van der Waals surface area contributed by atoms with Gasteiger partial charge >= 0.3 is 0 Å². The maximum atomic E-state index is 12.9. The Hall–Kier alpha value is -1.02. The predicted octanol–water partition coefficient (Wildman–Crippen LogP) is 1.25. The molecule has 0 spiro atoms. The fourth-order valence-electron chi connectivity index (χ4n) is 2.75. The van der Waals surface area contributed by atoms with Crippen LogP contribution in [-0.2, 0) is 10.0 Å². The number of hydrogen-bond donors (Lipinski definition) is 2. The molecule has 7 heteroatoms. The smallest absolute Gasteiger partial charge is 0.244 e. The van der Waals surface area contributed by atoms with E-state index in [9.17, 15) is 8.42 Å². The van der Waals surface area contributed by atoms with Gasteiger partial charge < -0.3 is 10.8 Å². The highest BCUT2D eigenvalue weighted by Gasteiger charge is 2.34. The molecule has 0 bridgehead atoms. The van der Waals surface area contributed by atoms with Gasteiger partial charge in [-0.25, -0.2) is 8.42 Å². The van der Waals surface area contributed by atoms with E-state index in [0.29, 0.717) is 18.5 Å². The molecular formula is C14H20N2O3S2. The molecule has 1 aromatic rings. The van der Waals surface area contributed by atoms with Crippen LogP contribution in [0.25, 0.3) is 0 Å². The highest BCUT2D eigenvalue weighted by molar-refractivity contribution is 7.89. The van der Waals surface area contributed by atoms with Gasteiger partial charge in [0.25, 0.3) is 0 Å². The lowest BCUT2D eigenvalue weighted by Gasteiger charge is -2.34. The largest absolute Gasteiger partial charge is 0.396 e. The minimum Gasteiger partial charge on any atom is -0.396 e. The lowest BCUT2D eigenvalue weighted by Crippen LogP contribution is -2.44. The van der Waals surface area contributed by atoms with Crippen LogP contribution in [0.2, 0.25) is 0 Å². The van der Waals surface area contributed by atoms with Crippen molar-refractivity contribution in [2.45, 2.75) is 36.6 Å². The van der Waals surface area contributed by atoms with Crippen LogP contribution < -0.4 is 5.73 Å². The molecule has 5 nitrogen and oxygen atoms in total. The van der Waals surface area contributed by atoms with Gasteiger partial charge in [0.2, 0.25) is 10.0 Å². The maximum Gasteiger partial charge on any atom is 0.244 e. The molecule has 0 amide bonds. The maximum absolute atomic E-state index is 12.9. The number of thiocarbonyl (C=S) groups is 1. The van der Waals surface area contributed by atoms with Crippen LogP contribution in [0.1, 0.15) is 31.2 Å². The Morgan fingerprint density at radius 3 is 2.76 bits per heavy atom. The zero-order valence-corrected chi connectivity index (χ0v) is 13.4. The molecule has 1 atom stereocenters. The summed E-state index contributed by atoms with van der Waals surface area (Å²) in [7, 11) is -3.65. The molecule has 0 radical (unpaired) electrons. The summed E-state index contributed by atoms with van der Waals surface area (Å²) in [5.41, 5.74) is 6.02. The molecule has 1 aliphatic rings. The van der Waals surface area contributed by atoms with Gasteiger partial charge in [0.1, 0.15) is 4.99 Å². The third-order valence-corrected chi connectivity index (χ3v) is 6.00. The summed E-state index contributed by atoms with van der Waals surface area (Å²) in [4.78, 5) is 0.229. The van der Waals surface area contributed by atoms with E-state index in [0.717, 1.165) is 19.3 Å². The second-order valence-electron chi connectivity index (χ2n) is 5.14. The van der Waals surface area contributed by atoms with Crippen LogP contribution >= 0.6 is 12.2 Å². The van der Waals surface area contributed by atoms with Gasteiger partial charge in [0.05, 0.1) is 4.90 Å². The van der Waals surface area contributed by atoms with Crippen LogP contribution in [0.5, 0.6) is 0 Å². The molecule has 3 N–H and O–H groups in total. The molecule has 1 unspecified atom stereocenters. The molecule has 1 heterocycles. The summed E-state index contributed by atoms with van der Waals surface area (Å²) in [5, 5.41) is 9.15. The second kappa shape index (κ2) is 6.83. The Morgan fingerprint density at radius 1 is 1.38 bits per heavy atom. The lowest BCUT2D eigenvalue weighted by molar-refractivity contribution is 0.192. The molecule has 1 aliphatic heterocycles. The number of aliphatic hydroxyl groups is 1. The van der Waals surface area contributed by atoms with Gasteiger partial charge in [-0.3, -0.25) is 0 Å². The van der Waals surface area contributed by atoms with Crippen LogP contribution in [0.3, 0.4) is 0 Å². The van der Waals surface area contributed by atoms with Gasteiger partial charge in [0, 0.05) is 24.8 Å². The second-order valence-corrected chi connectivity index (χ2v) is 7.44. The number of hydrogen-bond acceptors (Lipinski definition) is 4. The quantitative estimate of drug-likeness (QED) is 0.795. The van der Waals surface area contributed by atoms with Gasteiger partial charge in [-0.05, 0) is 25.3 Å². The molecular weight excluding hydrogens is 308 g/mol. The van der Waals surface area contributed by atoms with E-state index in [2.05, 4.69) is 0 Å².